The number of carbonyl (C=O) groups is 1. The number of halogens is 2. The van der Waals surface area contributed by atoms with Crippen molar-refractivity contribution in [3.63, 3.8) is 0 Å². The Kier molecular flexibility index (Phi) is 4.71. The summed E-state index contributed by atoms with van der Waals surface area (Å²) in [5, 5.41) is 11.4. The quantitative estimate of drug-likeness (QED) is 0.810. The molecule has 1 aromatic rings. The van der Waals surface area contributed by atoms with E-state index in [1.807, 2.05) is 0 Å². The lowest BCUT2D eigenvalue weighted by molar-refractivity contribution is -0.136. The molecule has 0 fully saturated rings. The molecule has 0 saturated carbocycles. The van der Waals surface area contributed by atoms with E-state index < -0.39 is 5.97 Å². The van der Waals surface area contributed by atoms with Crippen molar-refractivity contribution in [2.45, 2.75) is 13.0 Å². The Hall–Kier alpha value is -0.940. The zero-order chi connectivity index (χ0) is 11.3. The van der Waals surface area contributed by atoms with Gasteiger partial charge < -0.3 is 10.4 Å². The van der Waals surface area contributed by atoms with Gasteiger partial charge in [-0.3, -0.25) is 4.79 Å². The summed E-state index contributed by atoms with van der Waals surface area (Å²) in [5.74, 6) is -1.13. The molecule has 1 rings (SSSR count). The van der Waals surface area contributed by atoms with Crippen molar-refractivity contribution in [2.24, 2.45) is 0 Å². The van der Waals surface area contributed by atoms with Crippen molar-refractivity contribution in [3.8, 4) is 0 Å². The van der Waals surface area contributed by atoms with Crippen molar-refractivity contribution < 1.29 is 14.3 Å². The zero-order valence-electron chi connectivity index (χ0n) is 7.96. The Labute approximate surface area is 95.4 Å². The van der Waals surface area contributed by atoms with Crippen LogP contribution in [0.2, 0.25) is 0 Å². The second-order valence-corrected chi connectivity index (χ2v) is 3.91. The molecule has 0 saturated heterocycles. The van der Waals surface area contributed by atoms with Crippen LogP contribution in [0.15, 0.2) is 22.7 Å². The number of carboxylic acids is 1. The number of nitrogens with one attached hydrogen (secondary N) is 1. The molecule has 0 bridgehead atoms. The van der Waals surface area contributed by atoms with Crippen LogP contribution in [0.3, 0.4) is 0 Å². The molecule has 0 spiro atoms. The molecule has 2 N–H and O–H groups in total. The summed E-state index contributed by atoms with van der Waals surface area (Å²) in [6.45, 7) is 0.924. The van der Waals surface area contributed by atoms with Gasteiger partial charge in [0.25, 0.3) is 0 Å². The molecule has 1 aromatic carbocycles. The number of rotatable bonds is 5. The molecule has 0 aliphatic carbocycles. The molecule has 0 atom stereocenters. The highest BCUT2D eigenvalue weighted by atomic mass is 79.9. The van der Waals surface area contributed by atoms with Gasteiger partial charge >= 0.3 is 5.97 Å². The molecule has 0 radical (unpaired) electrons. The van der Waals surface area contributed by atoms with Crippen LogP contribution in [0.5, 0.6) is 0 Å². The van der Waals surface area contributed by atoms with Crippen molar-refractivity contribution in [1.82, 2.24) is 5.32 Å². The summed E-state index contributed by atoms with van der Waals surface area (Å²) in [4.78, 5) is 10.2. The van der Waals surface area contributed by atoms with Gasteiger partial charge in [0.2, 0.25) is 0 Å². The summed E-state index contributed by atoms with van der Waals surface area (Å²) in [5.41, 5.74) is 0.904. The van der Waals surface area contributed by atoms with Crippen LogP contribution >= 0.6 is 15.9 Å². The third kappa shape index (κ3) is 4.40. The molecule has 0 heterocycles. The predicted molar refractivity (Wildman–Crippen MR) is 58.1 cm³/mol. The monoisotopic (exact) mass is 275 g/mol. The van der Waals surface area contributed by atoms with Crippen LogP contribution in [0.1, 0.15) is 12.0 Å². The van der Waals surface area contributed by atoms with E-state index in [2.05, 4.69) is 21.2 Å². The predicted octanol–water partition coefficient (Wildman–Crippen LogP) is 2.15. The molecule has 3 nitrogen and oxygen atoms in total. The molecule has 5 heteroatoms. The number of aliphatic carboxylic acids is 1. The number of carboxylic acid groups (broad SMARTS) is 1. The lowest BCUT2D eigenvalue weighted by Crippen LogP contribution is -2.17. The third-order valence-electron chi connectivity index (χ3n) is 1.85. The number of hydrogen-bond acceptors (Lipinski definition) is 2. The summed E-state index contributed by atoms with van der Waals surface area (Å²) in [7, 11) is 0. The molecule has 0 amide bonds. The normalized spacial score (nSPS) is 10.3. The first-order valence-electron chi connectivity index (χ1n) is 4.46. The average Bonchev–Trinajstić information content (AvgIpc) is 2.14. The van der Waals surface area contributed by atoms with Crippen LogP contribution < -0.4 is 5.32 Å². The summed E-state index contributed by atoms with van der Waals surface area (Å²) in [6.07, 6.45) is 0.0822. The van der Waals surface area contributed by atoms with Gasteiger partial charge in [0.15, 0.2) is 0 Å². The van der Waals surface area contributed by atoms with Gasteiger partial charge in [-0.25, -0.2) is 4.39 Å². The molecule has 0 aliphatic heterocycles. The molecule has 0 aliphatic rings. The number of benzene rings is 1. The zero-order valence-corrected chi connectivity index (χ0v) is 9.55. The first-order valence-corrected chi connectivity index (χ1v) is 5.25. The molecule has 15 heavy (non-hydrogen) atoms. The van der Waals surface area contributed by atoms with E-state index in [1.165, 1.54) is 12.1 Å². The van der Waals surface area contributed by atoms with Crippen LogP contribution in [0.25, 0.3) is 0 Å². The maximum absolute atomic E-state index is 12.7. The fourth-order valence-electron chi connectivity index (χ4n) is 1.08. The van der Waals surface area contributed by atoms with Gasteiger partial charge in [-0.05, 0) is 17.7 Å². The summed E-state index contributed by atoms with van der Waals surface area (Å²) < 4.78 is 13.4. The van der Waals surface area contributed by atoms with Crippen LogP contribution in [0.4, 0.5) is 4.39 Å². The largest absolute Gasteiger partial charge is 0.481 e. The first-order chi connectivity index (χ1) is 7.09. The first kappa shape index (κ1) is 12.1. The Bertz CT molecular complexity index is 357. The summed E-state index contributed by atoms with van der Waals surface area (Å²) in [6, 6.07) is 4.42. The van der Waals surface area contributed by atoms with Crippen LogP contribution in [0, 0.1) is 5.82 Å². The van der Waals surface area contributed by atoms with E-state index in [9.17, 15) is 9.18 Å². The average molecular weight is 276 g/mol. The maximum Gasteiger partial charge on any atom is 0.304 e. The molecule has 0 unspecified atom stereocenters. The minimum Gasteiger partial charge on any atom is -0.481 e. The fourth-order valence-corrected chi connectivity index (χ4v) is 1.57. The highest BCUT2D eigenvalue weighted by Gasteiger charge is 2.01. The van der Waals surface area contributed by atoms with Crippen molar-refractivity contribution in [1.29, 1.82) is 0 Å². The molecular formula is C10H11BrFNO2. The molecule has 82 valence electrons. The smallest absolute Gasteiger partial charge is 0.304 e. The lowest BCUT2D eigenvalue weighted by Gasteiger charge is -2.05. The topological polar surface area (TPSA) is 49.3 Å². The van der Waals surface area contributed by atoms with E-state index in [0.29, 0.717) is 17.6 Å². The van der Waals surface area contributed by atoms with E-state index in [0.717, 1.165) is 5.56 Å². The van der Waals surface area contributed by atoms with Gasteiger partial charge in [0.05, 0.1) is 6.42 Å². The minimum absolute atomic E-state index is 0.0822. The molecular weight excluding hydrogens is 265 g/mol. The summed E-state index contributed by atoms with van der Waals surface area (Å²) >= 11 is 3.23. The number of hydrogen-bond donors (Lipinski definition) is 2. The third-order valence-corrected chi connectivity index (χ3v) is 2.58. The Morgan fingerprint density at radius 3 is 2.87 bits per heavy atom. The van der Waals surface area contributed by atoms with Crippen LogP contribution in [-0.2, 0) is 11.3 Å². The standard InChI is InChI=1S/C10H11BrFNO2/c11-9-5-8(12)2-1-7(9)6-13-4-3-10(14)15/h1-2,5,13H,3-4,6H2,(H,14,15). The Balaban J connectivity index is 2.40. The Morgan fingerprint density at radius 1 is 1.53 bits per heavy atom. The van der Waals surface area contributed by atoms with Crippen molar-refractivity contribution in [3.05, 3.63) is 34.1 Å². The van der Waals surface area contributed by atoms with Gasteiger partial charge in [-0.2, -0.15) is 0 Å². The van der Waals surface area contributed by atoms with Gasteiger partial charge in [-0.15, -0.1) is 0 Å². The van der Waals surface area contributed by atoms with Gasteiger partial charge in [0, 0.05) is 17.6 Å². The second kappa shape index (κ2) is 5.82. The van der Waals surface area contributed by atoms with E-state index >= 15 is 0 Å². The SMILES string of the molecule is O=C(O)CCNCc1ccc(F)cc1Br. The van der Waals surface area contributed by atoms with Crippen LogP contribution in [-0.4, -0.2) is 17.6 Å². The highest BCUT2D eigenvalue weighted by molar-refractivity contribution is 9.10. The fraction of sp³-hybridized carbons (Fsp3) is 0.300. The molecule has 0 aromatic heterocycles. The Morgan fingerprint density at radius 2 is 2.27 bits per heavy atom. The van der Waals surface area contributed by atoms with E-state index in [1.54, 1.807) is 6.07 Å². The minimum atomic E-state index is -0.833. The van der Waals surface area contributed by atoms with Crippen molar-refractivity contribution >= 4 is 21.9 Å². The lowest BCUT2D eigenvalue weighted by atomic mass is 10.2. The van der Waals surface area contributed by atoms with E-state index in [-0.39, 0.29) is 12.2 Å². The maximum atomic E-state index is 12.7. The van der Waals surface area contributed by atoms with Crippen molar-refractivity contribution in [2.75, 3.05) is 6.54 Å². The van der Waals surface area contributed by atoms with E-state index in [4.69, 9.17) is 5.11 Å². The highest BCUT2D eigenvalue weighted by Crippen LogP contribution is 2.17. The second-order valence-electron chi connectivity index (χ2n) is 3.06. The van der Waals surface area contributed by atoms with Gasteiger partial charge in [-0.1, -0.05) is 22.0 Å². The van der Waals surface area contributed by atoms with Gasteiger partial charge in [0.1, 0.15) is 5.82 Å².